The van der Waals surface area contributed by atoms with Crippen molar-refractivity contribution >= 4 is 22.8 Å². The van der Waals surface area contributed by atoms with Crippen LogP contribution in [0.2, 0.25) is 0 Å². The Kier molecular flexibility index (Phi) is 3.29. The van der Waals surface area contributed by atoms with Gasteiger partial charge in [0.1, 0.15) is 0 Å². The van der Waals surface area contributed by atoms with Crippen molar-refractivity contribution in [1.82, 2.24) is 4.98 Å². The van der Waals surface area contributed by atoms with Gasteiger partial charge >= 0.3 is 0 Å². The molecule has 2 N–H and O–H groups in total. The highest BCUT2D eigenvalue weighted by Gasteiger charge is 2.01. The summed E-state index contributed by atoms with van der Waals surface area (Å²) in [5, 5.41) is 5.10. The molecule has 0 saturated carbocycles. The number of anilines is 1. The van der Waals surface area contributed by atoms with E-state index in [1.807, 2.05) is 54.6 Å². The van der Waals surface area contributed by atoms with Crippen molar-refractivity contribution in [2.24, 2.45) is 5.10 Å². The lowest BCUT2D eigenvalue weighted by atomic mass is 10.2. The van der Waals surface area contributed by atoms with Gasteiger partial charge < -0.3 is 4.98 Å². The first-order chi connectivity index (χ1) is 9.83. The largest absolute Gasteiger partial charge is 0.322 e. The van der Waals surface area contributed by atoms with Gasteiger partial charge in [-0.25, -0.2) is 0 Å². The average molecular weight is 263 g/mol. The fourth-order valence-corrected chi connectivity index (χ4v) is 2.01. The summed E-state index contributed by atoms with van der Waals surface area (Å²) < 4.78 is 0. The molecule has 1 heterocycles. The van der Waals surface area contributed by atoms with Crippen molar-refractivity contribution in [2.45, 2.75) is 0 Å². The Balaban J connectivity index is 1.91. The summed E-state index contributed by atoms with van der Waals surface area (Å²) in [5.41, 5.74) is 5.25. The van der Waals surface area contributed by atoms with Crippen LogP contribution in [0.4, 0.5) is 5.69 Å². The van der Waals surface area contributed by atoms with Gasteiger partial charge in [-0.15, -0.1) is 0 Å². The van der Waals surface area contributed by atoms with Crippen molar-refractivity contribution < 1.29 is 0 Å². The predicted molar refractivity (Wildman–Crippen MR) is 82.2 cm³/mol. The number of benzene rings is 2. The van der Waals surface area contributed by atoms with Crippen molar-refractivity contribution in [3.63, 3.8) is 0 Å². The molecule has 0 aliphatic rings. The molecular weight excluding hydrogens is 250 g/mol. The second-order valence-corrected chi connectivity index (χ2v) is 4.37. The fraction of sp³-hybridized carbons (Fsp3) is 0. The van der Waals surface area contributed by atoms with Crippen molar-refractivity contribution in [3.05, 3.63) is 76.6 Å². The lowest BCUT2D eigenvalue weighted by Gasteiger charge is -2.04. The number of aromatic nitrogens is 1. The Hall–Kier alpha value is -2.88. The first-order valence-electron chi connectivity index (χ1n) is 6.29. The van der Waals surface area contributed by atoms with Crippen LogP contribution in [-0.2, 0) is 0 Å². The molecule has 0 atom stereocenters. The third kappa shape index (κ3) is 2.59. The molecule has 3 aromatic rings. The van der Waals surface area contributed by atoms with E-state index in [0.29, 0.717) is 5.69 Å². The Morgan fingerprint density at radius 2 is 1.75 bits per heavy atom. The highest BCUT2D eigenvalue weighted by molar-refractivity contribution is 5.91. The summed E-state index contributed by atoms with van der Waals surface area (Å²) in [5.74, 6) is 0. The summed E-state index contributed by atoms with van der Waals surface area (Å²) >= 11 is 0. The summed E-state index contributed by atoms with van der Waals surface area (Å²) in [6, 6.07) is 18.9. The number of para-hydroxylation sites is 1. The van der Waals surface area contributed by atoms with E-state index in [4.69, 9.17) is 0 Å². The minimum absolute atomic E-state index is 0.152. The van der Waals surface area contributed by atoms with Crippen molar-refractivity contribution in [1.29, 1.82) is 0 Å². The van der Waals surface area contributed by atoms with Crippen LogP contribution in [0, 0.1) is 0 Å². The van der Waals surface area contributed by atoms with E-state index in [1.165, 1.54) is 6.07 Å². The number of pyridine rings is 1. The van der Waals surface area contributed by atoms with Gasteiger partial charge in [-0.1, -0.05) is 48.5 Å². The molecule has 4 heteroatoms. The number of hydrazone groups is 1. The number of H-pyrrole nitrogens is 1. The lowest BCUT2D eigenvalue weighted by molar-refractivity contribution is 1.28. The minimum Gasteiger partial charge on any atom is -0.322 e. The number of nitrogens with one attached hydrogen (secondary N) is 2. The van der Waals surface area contributed by atoms with Crippen LogP contribution in [0.1, 0.15) is 5.56 Å². The first kappa shape index (κ1) is 12.2. The van der Waals surface area contributed by atoms with Gasteiger partial charge in [-0.05, 0) is 11.6 Å². The predicted octanol–water partition coefficient (Wildman–Crippen LogP) is 2.97. The molecule has 20 heavy (non-hydrogen) atoms. The number of fused-ring (bicyclic) bond motifs is 1. The monoisotopic (exact) mass is 263 g/mol. The molecule has 0 aliphatic heterocycles. The van der Waals surface area contributed by atoms with E-state index in [9.17, 15) is 4.79 Å². The first-order valence-corrected chi connectivity index (χ1v) is 6.29. The van der Waals surface area contributed by atoms with Crippen LogP contribution in [0.25, 0.3) is 10.9 Å². The normalized spacial score (nSPS) is 11.0. The zero-order valence-corrected chi connectivity index (χ0v) is 10.7. The zero-order chi connectivity index (χ0) is 13.8. The third-order valence-electron chi connectivity index (χ3n) is 2.95. The lowest BCUT2D eigenvalue weighted by Crippen LogP contribution is -2.06. The standard InChI is InChI=1S/C16H13N3O/c20-16-10-15(13-8-4-5-9-14(13)18-16)19-17-11-12-6-2-1-3-7-12/h1-11H,(H2,18,19,20)/b17-11+. The van der Waals surface area contributed by atoms with Gasteiger partial charge in [-0.3, -0.25) is 10.2 Å². The molecule has 4 nitrogen and oxygen atoms in total. The number of hydrogen-bond donors (Lipinski definition) is 2. The minimum atomic E-state index is -0.152. The third-order valence-corrected chi connectivity index (χ3v) is 2.95. The molecule has 98 valence electrons. The van der Waals surface area contributed by atoms with Crippen LogP contribution in [0.5, 0.6) is 0 Å². The molecular formula is C16H13N3O. The van der Waals surface area contributed by atoms with Gasteiger partial charge in [-0.2, -0.15) is 5.10 Å². The van der Waals surface area contributed by atoms with Gasteiger partial charge in [0.2, 0.25) is 0 Å². The second kappa shape index (κ2) is 5.40. The maximum Gasteiger partial charge on any atom is 0.250 e. The number of rotatable bonds is 3. The molecule has 3 rings (SSSR count). The van der Waals surface area contributed by atoms with Gasteiger partial charge in [0, 0.05) is 11.5 Å². The molecule has 2 aromatic carbocycles. The molecule has 0 fully saturated rings. The molecule has 0 radical (unpaired) electrons. The van der Waals surface area contributed by atoms with E-state index >= 15 is 0 Å². The van der Waals surface area contributed by atoms with Crippen LogP contribution in [-0.4, -0.2) is 11.2 Å². The molecule has 0 spiro atoms. The number of hydrogen-bond acceptors (Lipinski definition) is 3. The zero-order valence-electron chi connectivity index (χ0n) is 10.7. The van der Waals surface area contributed by atoms with Crippen LogP contribution < -0.4 is 11.0 Å². The summed E-state index contributed by atoms with van der Waals surface area (Å²) in [6.07, 6.45) is 1.72. The highest BCUT2D eigenvalue weighted by atomic mass is 16.1. The smallest absolute Gasteiger partial charge is 0.250 e. The molecule has 1 aromatic heterocycles. The number of nitrogens with zero attached hydrogens (tertiary/aromatic N) is 1. The second-order valence-electron chi connectivity index (χ2n) is 4.37. The van der Waals surface area contributed by atoms with Gasteiger partial charge in [0.15, 0.2) is 0 Å². The van der Waals surface area contributed by atoms with E-state index < -0.39 is 0 Å². The van der Waals surface area contributed by atoms with E-state index in [1.54, 1.807) is 6.21 Å². The molecule has 0 amide bonds. The summed E-state index contributed by atoms with van der Waals surface area (Å²) in [4.78, 5) is 14.4. The Morgan fingerprint density at radius 1 is 1.00 bits per heavy atom. The van der Waals surface area contributed by atoms with Crippen molar-refractivity contribution in [3.8, 4) is 0 Å². The maximum absolute atomic E-state index is 11.6. The van der Waals surface area contributed by atoms with Crippen LogP contribution in [0.3, 0.4) is 0 Å². The van der Waals surface area contributed by atoms with E-state index in [-0.39, 0.29) is 5.56 Å². The van der Waals surface area contributed by atoms with Crippen LogP contribution in [0.15, 0.2) is 70.6 Å². The average Bonchev–Trinajstić information content (AvgIpc) is 2.48. The van der Waals surface area contributed by atoms with Crippen LogP contribution >= 0.6 is 0 Å². The summed E-state index contributed by atoms with van der Waals surface area (Å²) in [7, 11) is 0. The Bertz CT molecular complexity index is 807. The van der Waals surface area contributed by atoms with Crippen molar-refractivity contribution in [2.75, 3.05) is 5.43 Å². The highest BCUT2D eigenvalue weighted by Crippen LogP contribution is 2.19. The molecule has 0 unspecified atom stereocenters. The van der Waals surface area contributed by atoms with E-state index in [0.717, 1.165) is 16.5 Å². The van der Waals surface area contributed by atoms with E-state index in [2.05, 4.69) is 15.5 Å². The fourth-order valence-electron chi connectivity index (χ4n) is 2.01. The summed E-state index contributed by atoms with van der Waals surface area (Å²) in [6.45, 7) is 0. The Labute approximate surface area is 115 Å². The van der Waals surface area contributed by atoms with Gasteiger partial charge in [0.05, 0.1) is 17.4 Å². The maximum atomic E-state index is 11.6. The molecule has 0 saturated heterocycles. The quantitative estimate of drug-likeness (QED) is 0.564. The molecule has 0 bridgehead atoms. The number of aromatic amines is 1. The SMILES string of the molecule is O=c1cc(N/N=C/c2ccccc2)c2ccccc2[nH]1. The van der Waals surface area contributed by atoms with Gasteiger partial charge in [0.25, 0.3) is 5.56 Å². The topological polar surface area (TPSA) is 57.2 Å². The Morgan fingerprint density at radius 3 is 2.60 bits per heavy atom. The molecule has 0 aliphatic carbocycles.